The minimum atomic E-state index is 0.545. The van der Waals surface area contributed by atoms with E-state index in [2.05, 4.69) is 151 Å². The van der Waals surface area contributed by atoms with Crippen LogP contribution in [0.25, 0.3) is 106 Å². The first kappa shape index (κ1) is 31.4. The molecule has 0 aliphatic carbocycles. The van der Waals surface area contributed by atoms with Crippen LogP contribution in [-0.4, -0.2) is 38.6 Å². The number of rotatable bonds is 5. The Bertz CT molecular complexity index is 3380. The Hall–Kier alpha value is -7.97. The van der Waals surface area contributed by atoms with Crippen LogP contribution in [-0.2, 0) is 0 Å². The SMILES string of the molecule is c1ccc(-c2nc(-c3ccc(-n4c5ccccc5c5ccncc54)cc3-n3c4ccccc4c4ccncc43)nc(-n3c4ccccc4c4ccccc43)n2)cc1. The van der Waals surface area contributed by atoms with Gasteiger partial charge >= 0.3 is 0 Å². The molecule has 266 valence electrons. The van der Waals surface area contributed by atoms with Gasteiger partial charge in [0.2, 0.25) is 5.95 Å². The Balaban J connectivity index is 1.20. The van der Waals surface area contributed by atoms with Gasteiger partial charge < -0.3 is 9.13 Å². The maximum Gasteiger partial charge on any atom is 0.238 e. The van der Waals surface area contributed by atoms with Crippen molar-refractivity contribution in [2.24, 2.45) is 0 Å². The van der Waals surface area contributed by atoms with Crippen molar-refractivity contribution in [3.63, 3.8) is 0 Å². The molecule has 6 aromatic carbocycles. The van der Waals surface area contributed by atoms with Gasteiger partial charge in [-0.25, -0.2) is 4.98 Å². The maximum absolute atomic E-state index is 5.39. The van der Waals surface area contributed by atoms with Crippen molar-refractivity contribution in [1.82, 2.24) is 38.6 Å². The predicted octanol–water partition coefficient (Wildman–Crippen LogP) is 11.3. The lowest BCUT2D eigenvalue weighted by atomic mass is 10.1. The minimum absolute atomic E-state index is 0.545. The zero-order chi connectivity index (χ0) is 37.5. The van der Waals surface area contributed by atoms with E-state index in [1.54, 1.807) is 0 Å². The molecule has 0 aliphatic rings. The third kappa shape index (κ3) is 4.71. The second-order valence-corrected chi connectivity index (χ2v) is 14.2. The summed E-state index contributed by atoms with van der Waals surface area (Å²) < 4.78 is 6.75. The van der Waals surface area contributed by atoms with Gasteiger partial charge in [0, 0.05) is 61.5 Å². The molecule has 0 spiro atoms. The summed E-state index contributed by atoms with van der Waals surface area (Å²) in [6.07, 6.45) is 7.61. The molecule has 57 heavy (non-hydrogen) atoms. The summed E-state index contributed by atoms with van der Waals surface area (Å²) in [6.45, 7) is 0. The Morgan fingerprint density at radius 2 is 0.825 bits per heavy atom. The predicted molar refractivity (Wildman–Crippen MR) is 229 cm³/mol. The van der Waals surface area contributed by atoms with E-state index in [-0.39, 0.29) is 0 Å². The highest BCUT2D eigenvalue weighted by Gasteiger charge is 2.23. The van der Waals surface area contributed by atoms with Crippen LogP contribution < -0.4 is 0 Å². The van der Waals surface area contributed by atoms with E-state index in [0.29, 0.717) is 17.6 Å². The third-order valence-electron chi connectivity index (χ3n) is 11.1. The average Bonchev–Trinajstić information content (AvgIpc) is 3.92. The van der Waals surface area contributed by atoms with Crippen LogP contribution in [0.15, 0.2) is 183 Å². The fourth-order valence-electron chi connectivity index (χ4n) is 8.65. The van der Waals surface area contributed by atoms with Gasteiger partial charge in [-0.05, 0) is 54.6 Å². The van der Waals surface area contributed by atoms with Gasteiger partial charge in [-0.2, -0.15) is 9.97 Å². The number of aromatic nitrogens is 8. The molecule has 0 saturated carbocycles. The largest absolute Gasteiger partial charge is 0.308 e. The molecule has 0 atom stereocenters. The van der Waals surface area contributed by atoms with Crippen LogP contribution in [0.4, 0.5) is 0 Å². The number of fused-ring (bicyclic) bond motifs is 9. The average molecular weight is 731 g/mol. The zero-order valence-corrected chi connectivity index (χ0v) is 30.4. The summed E-state index contributed by atoms with van der Waals surface area (Å²) in [5.74, 6) is 1.69. The molecule has 8 nitrogen and oxygen atoms in total. The van der Waals surface area contributed by atoms with Crippen LogP contribution in [0.2, 0.25) is 0 Å². The first-order chi connectivity index (χ1) is 28.3. The topological polar surface area (TPSA) is 79.2 Å². The van der Waals surface area contributed by atoms with E-state index < -0.39 is 0 Å². The highest BCUT2D eigenvalue weighted by molar-refractivity contribution is 6.11. The second-order valence-electron chi connectivity index (χ2n) is 14.2. The molecular weight excluding hydrogens is 701 g/mol. The monoisotopic (exact) mass is 730 g/mol. The number of benzene rings is 6. The quantitative estimate of drug-likeness (QED) is 0.176. The summed E-state index contributed by atoms with van der Waals surface area (Å²) in [4.78, 5) is 25.1. The molecule has 0 bridgehead atoms. The van der Waals surface area contributed by atoms with Crippen LogP contribution in [0.1, 0.15) is 0 Å². The summed E-state index contributed by atoms with van der Waals surface area (Å²) in [5.41, 5.74) is 9.89. The lowest BCUT2D eigenvalue weighted by molar-refractivity contribution is 0.951. The van der Waals surface area contributed by atoms with Crippen LogP contribution >= 0.6 is 0 Å². The van der Waals surface area contributed by atoms with Gasteiger partial charge in [-0.15, -0.1) is 0 Å². The van der Waals surface area contributed by atoms with Gasteiger partial charge in [-0.1, -0.05) is 103 Å². The summed E-state index contributed by atoms with van der Waals surface area (Å²) in [5, 5.41) is 6.85. The number of pyridine rings is 2. The highest BCUT2D eigenvalue weighted by atomic mass is 15.2. The van der Waals surface area contributed by atoms with Crippen molar-refractivity contribution >= 4 is 65.4 Å². The van der Waals surface area contributed by atoms with Crippen LogP contribution in [0.5, 0.6) is 0 Å². The molecule has 6 aromatic heterocycles. The van der Waals surface area contributed by atoms with Gasteiger partial charge in [0.1, 0.15) is 0 Å². The molecule has 12 aromatic rings. The van der Waals surface area contributed by atoms with E-state index in [4.69, 9.17) is 15.0 Å². The normalized spacial score (nSPS) is 11.9. The van der Waals surface area contributed by atoms with E-state index in [9.17, 15) is 0 Å². The molecule has 0 radical (unpaired) electrons. The zero-order valence-electron chi connectivity index (χ0n) is 30.4. The number of nitrogens with zero attached hydrogens (tertiary/aromatic N) is 8. The smallest absolute Gasteiger partial charge is 0.238 e. The lowest BCUT2D eigenvalue weighted by Gasteiger charge is -2.17. The number of para-hydroxylation sites is 4. The lowest BCUT2D eigenvalue weighted by Crippen LogP contribution is -2.08. The van der Waals surface area contributed by atoms with Gasteiger partial charge in [0.15, 0.2) is 11.6 Å². The van der Waals surface area contributed by atoms with Crippen molar-refractivity contribution in [3.8, 4) is 40.1 Å². The standard InChI is InChI=1S/C49H30N8/c1-2-12-31(13-3-1)47-52-48(54-49(53-47)57-42-20-10-6-14-33(42)34-15-7-11-21-43(34)57)39-23-22-32(55-40-18-8-4-16-35(40)37-24-26-50-29-45(37)55)28-44(39)56-41-19-9-5-17-36(41)38-25-27-51-30-46(38)56/h1-30H. The molecule has 0 fully saturated rings. The number of hydrogen-bond acceptors (Lipinski definition) is 5. The molecule has 0 unspecified atom stereocenters. The maximum atomic E-state index is 5.39. The fourth-order valence-corrected chi connectivity index (χ4v) is 8.65. The molecule has 8 heteroatoms. The van der Waals surface area contributed by atoms with E-state index in [0.717, 1.165) is 82.5 Å². The molecule has 0 saturated heterocycles. The van der Waals surface area contributed by atoms with Crippen molar-refractivity contribution in [2.45, 2.75) is 0 Å². The van der Waals surface area contributed by atoms with Crippen LogP contribution in [0.3, 0.4) is 0 Å². The first-order valence-corrected chi connectivity index (χ1v) is 18.9. The first-order valence-electron chi connectivity index (χ1n) is 18.9. The molecule has 0 N–H and O–H groups in total. The van der Waals surface area contributed by atoms with E-state index in [1.807, 2.05) is 55.1 Å². The van der Waals surface area contributed by atoms with Crippen molar-refractivity contribution in [1.29, 1.82) is 0 Å². The van der Waals surface area contributed by atoms with Gasteiger partial charge in [0.05, 0.1) is 51.2 Å². The Morgan fingerprint density at radius 3 is 1.42 bits per heavy atom. The van der Waals surface area contributed by atoms with Crippen molar-refractivity contribution in [2.75, 3.05) is 0 Å². The van der Waals surface area contributed by atoms with Crippen molar-refractivity contribution < 1.29 is 0 Å². The molecule has 12 rings (SSSR count). The summed E-state index contributed by atoms with van der Waals surface area (Å²) in [6, 6.07) is 54.8. The number of hydrogen-bond donors (Lipinski definition) is 0. The molecule has 6 heterocycles. The highest BCUT2D eigenvalue weighted by Crippen LogP contribution is 2.39. The van der Waals surface area contributed by atoms with Gasteiger partial charge in [-0.3, -0.25) is 14.5 Å². The Labute approximate surface area is 325 Å². The molecule has 0 amide bonds. The minimum Gasteiger partial charge on any atom is -0.308 e. The summed E-state index contributed by atoms with van der Waals surface area (Å²) in [7, 11) is 0. The van der Waals surface area contributed by atoms with Crippen molar-refractivity contribution in [3.05, 3.63) is 183 Å². The van der Waals surface area contributed by atoms with E-state index in [1.165, 1.54) is 5.39 Å². The van der Waals surface area contributed by atoms with Gasteiger partial charge in [0.25, 0.3) is 0 Å². The van der Waals surface area contributed by atoms with Crippen LogP contribution in [0, 0.1) is 0 Å². The molecular formula is C49H30N8. The summed E-state index contributed by atoms with van der Waals surface area (Å²) >= 11 is 0. The fraction of sp³-hybridized carbons (Fsp3) is 0. The third-order valence-corrected chi connectivity index (χ3v) is 11.1. The Morgan fingerprint density at radius 1 is 0.351 bits per heavy atom. The van der Waals surface area contributed by atoms with E-state index >= 15 is 0 Å². The molecule has 0 aliphatic heterocycles. The Kier molecular flexibility index (Phi) is 6.76. The second kappa shape index (κ2) is 12.3.